The van der Waals surface area contributed by atoms with Gasteiger partial charge in [0.15, 0.2) is 9.84 Å². The highest BCUT2D eigenvalue weighted by atomic mass is 32.2. The van der Waals surface area contributed by atoms with Crippen molar-refractivity contribution >= 4 is 15.9 Å². The first-order valence-electron chi connectivity index (χ1n) is 5.91. The van der Waals surface area contributed by atoms with E-state index < -0.39 is 9.84 Å². The predicted octanol–water partition coefficient (Wildman–Crippen LogP) is -0.869. The zero-order chi connectivity index (χ0) is 12.5. The second-order valence-electron chi connectivity index (χ2n) is 4.84. The highest BCUT2D eigenvalue weighted by Gasteiger charge is 2.30. The first-order valence-corrected chi connectivity index (χ1v) is 7.73. The summed E-state index contributed by atoms with van der Waals surface area (Å²) >= 11 is 0. The fourth-order valence-corrected chi connectivity index (χ4v) is 3.86. The number of carbonyl (C=O) groups excluding carboxylic acids is 1. The molecule has 2 heterocycles. The van der Waals surface area contributed by atoms with Crippen molar-refractivity contribution in [1.82, 2.24) is 15.1 Å². The smallest absolute Gasteiger partial charge is 0.317 e. The van der Waals surface area contributed by atoms with Crippen molar-refractivity contribution in [2.45, 2.75) is 12.5 Å². The van der Waals surface area contributed by atoms with E-state index >= 15 is 0 Å². The molecular weight excluding hydrogens is 242 g/mol. The van der Waals surface area contributed by atoms with Gasteiger partial charge < -0.3 is 15.1 Å². The first kappa shape index (κ1) is 12.6. The van der Waals surface area contributed by atoms with Crippen LogP contribution in [0.5, 0.6) is 0 Å². The molecule has 2 rings (SSSR count). The predicted molar refractivity (Wildman–Crippen MR) is 64.7 cm³/mol. The van der Waals surface area contributed by atoms with Crippen molar-refractivity contribution in [2.75, 3.05) is 44.7 Å². The van der Waals surface area contributed by atoms with Crippen LogP contribution in [0.4, 0.5) is 4.79 Å². The third-order valence-electron chi connectivity index (χ3n) is 3.35. The van der Waals surface area contributed by atoms with Gasteiger partial charge in [0.1, 0.15) is 0 Å². The van der Waals surface area contributed by atoms with Gasteiger partial charge in [-0.3, -0.25) is 0 Å². The van der Waals surface area contributed by atoms with Crippen molar-refractivity contribution in [3.63, 3.8) is 0 Å². The minimum Gasteiger partial charge on any atom is -0.334 e. The first-order chi connectivity index (χ1) is 7.96. The number of amides is 2. The molecule has 0 radical (unpaired) electrons. The Morgan fingerprint density at radius 2 is 1.88 bits per heavy atom. The Bertz CT molecular complexity index is 388. The quantitative estimate of drug-likeness (QED) is 0.666. The van der Waals surface area contributed by atoms with Crippen LogP contribution in [0.2, 0.25) is 0 Å². The van der Waals surface area contributed by atoms with Crippen LogP contribution >= 0.6 is 0 Å². The van der Waals surface area contributed by atoms with Gasteiger partial charge in [-0.25, -0.2) is 13.2 Å². The minimum atomic E-state index is -2.92. The summed E-state index contributed by atoms with van der Waals surface area (Å²) in [6, 6.07) is -0.327. The Hall–Kier alpha value is -0.820. The number of carbonyl (C=O) groups is 1. The maximum absolute atomic E-state index is 11.9. The van der Waals surface area contributed by atoms with Gasteiger partial charge in [-0.2, -0.15) is 0 Å². The molecule has 1 N–H and O–H groups in total. The van der Waals surface area contributed by atoms with E-state index in [0.717, 1.165) is 13.1 Å². The van der Waals surface area contributed by atoms with Gasteiger partial charge >= 0.3 is 6.03 Å². The molecule has 2 aliphatic rings. The lowest BCUT2D eigenvalue weighted by Gasteiger charge is -2.33. The van der Waals surface area contributed by atoms with Crippen molar-refractivity contribution in [3.05, 3.63) is 0 Å². The highest BCUT2D eigenvalue weighted by Crippen LogP contribution is 2.12. The normalized spacial score (nSPS) is 29.2. The van der Waals surface area contributed by atoms with E-state index in [0.29, 0.717) is 19.5 Å². The van der Waals surface area contributed by atoms with E-state index in [-0.39, 0.29) is 23.6 Å². The highest BCUT2D eigenvalue weighted by molar-refractivity contribution is 7.91. The molecule has 7 heteroatoms. The van der Waals surface area contributed by atoms with Crippen molar-refractivity contribution in [1.29, 1.82) is 0 Å². The molecule has 2 amide bonds. The molecule has 98 valence electrons. The number of rotatable bonds is 1. The molecule has 2 saturated heterocycles. The molecule has 0 aliphatic carbocycles. The zero-order valence-corrected chi connectivity index (χ0v) is 10.9. The van der Waals surface area contributed by atoms with Crippen LogP contribution in [0.15, 0.2) is 0 Å². The van der Waals surface area contributed by atoms with Crippen LogP contribution < -0.4 is 5.32 Å². The SMILES string of the molecule is CN1CCN(C(=O)NC2CCS(=O)(=O)C2)CC1. The van der Waals surface area contributed by atoms with E-state index in [1.54, 1.807) is 4.90 Å². The number of hydrogen-bond donors (Lipinski definition) is 1. The molecule has 1 atom stereocenters. The van der Waals surface area contributed by atoms with Gasteiger partial charge in [-0.1, -0.05) is 0 Å². The van der Waals surface area contributed by atoms with E-state index in [1.165, 1.54) is 0 Å². The molecule has 1 unspecified atom stereocenters. The van der Waals surface area contributed by atoms with E-state index in [4.69, 9.17) is 0 Å². The zero-order valence-electron chi connectivity index (χ0n) is 10.1. The maximum atomic E-state index is 11.9. The molecule has 0 aromatic heterocycles. The molecule has 0 spiro atoms. The molecule has 2 fully saturated rings. The lowest BCUT2D eigenvalue weighted by Crippen LogP contribution is -2.52. The average molecular weight is 261 g/mol. The lowest BCUT2D eigenvalue weighted by atomic mass is 10.2. The van der Waals surface area contributed by atoms with Crippen molar-refractivity contribution in [3.8, 4) is 0 Å². The van der Waals surface area contributed by atoms with Crippen LogP contribution in [0.1, 0.15) is 6.42 Å². The van der Waals surface area contributed by atoms with Crippen LogP contribution in [0.3, 0.4) is 0 Å². The van der Waals surface area contributed by atoms with Gasteiger partial charge in [0.05, 0.1) is 11.5 Å². The van der Waals surface area contributed by atoms with Crippen LogP contribution in [0, 0.1) is 0 Å². The summed E-state index contributed by atoms with van der Waals surface area (Å²) in [7, 11) is -0.895. The topological polar surface area (TPSA) is 69.7 Å². The Labute approximate surface area is 102 Å². The Kier molecular flexibility index (Phi) is 3.58. The van der Waals surface area contributed by atoms with Gasteiger partial charge in [0, 0.05) is 32.2 Å². The molecule has 6 nitrogen and oxygen atoms in total. The van der Waals surface area contributed by atoms with Crippen LogP contribution in [-0.4, -0.2) is 75.0 Å². The average Bonchev–Trinajstić information content (AvgIpc) is 2.59. The van der Waals surface area contributed by atoms with Gasteiger partial charge in [0.2, 0.25) is 0 Å². The largest absolute Gasteiger partial charge is 0.334 e. The molecular formula is C10H19N3O3S. The summed E-state index contributed by atoms with van der Waals surface area (Å²) in [6.45, 7) is 3.16. The number of likely N-dealkylation sites (N-methyl/N-ethyl adjacent to an activating group) is 1. The number of hydrogen-bond acceptors (Lipinski definition) is 4. The minimum absolute atomic E-state index is 0.0898. The molecule has 0 aromatic rings. The van der Waals surface area contributed by atoms with E-state index in [1.807, 2.05) is 7.05 Å². The molecule has 0 saturated carbocycles. The maximum Gasteiger partial charge on any atom is 0.317 e. The van der Waals surface area contributed by atoms with Crippen molar-refractivity contribution < 1.29 is 13.2 Å². The summed E-state index contributed by atoms with van der Waals surface area (Å²) in [5.41, 5.74) is 0. The number of sulfone groups is 1. The fourth-order valence-electron chi connectivity index (χ4n) is 2.18. The second kappa shape index (κ2) is 4.81. The molecule has 2 aliphatic heterocycles. The van der Waals surface area contributed by atoms with Crippen molar-refractivity contribution in [2.24, 2.45) is 0 Å². The summed E-state index contributed by atoms with van der Waals surface area (Å²) in [4.78, 5) is 15.8. The standard InChI is InChI=1S/C10H19N3O3S/c1-12-3-5-13(6-4-12)10(14)11-9-2-7-17(15,16)8-9/h9H,2-8H2,1H3,(H,11,14). The van der Waals surface area contributed by atoms with Crippen LogP contribution in [-0.2, 0) is 9.84 Å². The van der Waals surface area contributed by atoms with Gasteiger partial charge in [-0.15, -0.1) is 0 Å². The summed E-state index contributed by atoms with van der Waals surface area (Å²) < 4.78 is 22.5. The van der Waals surface area contributed by atoms with E-state index in [9.17, 15) is 13.2 Å². The molecule has 0 aromatic carbocycles. The second-order valence-corrected chi connectivity index (χ2v) is 7.07. The van der Waals surface area contributed by atoms with E-state index in [2.05, 4.69) is 10.2 Å². The van der Waals surface area contributed by atoms with Gasteiger partial charge in [-0.05, 0) is 13.5 Å². The number of nitrogens with zero attached hydrogens (tertiary/aromatic N) is 2. The summed E-state index contributed by atoms with van der Waals surface area (Å²) in [5.74, 6) is 0.285. The molecule has 0 bridgehead atoms. The van der Waals surface area contributed by atoms with Gasteiger partial charge in [0.25, 0.3) is 0 Å². The lowest BCUT2D eigenvalue weighted by molar-refractivity contribution is 0.152. The third-order valence-corrected chi connectivity index (χ3v) is 5.12. The number of piperazine rings is 1. The fraction of sp³-hybridized carbons (Fsp3) is 0.900. The third kappa shape index (κ3) is 3.32. The Morgan fingerprint density at radius 3 is 2.41 bits per heavy atom. The number of nitrogens with one attached hydrogen (secondary N) is 1. The number of urea groups is 1. The molecule has 17 heavy (non-hydrogen) atoms. The summed E-state index contributed by atoms with van der Waals surface area (Å²) in [6.07, 6.45) is 0.543. The Balaban J connectivity index is 1.82. The monoisotopic (exact) mass is 261 g/mol. The summed E-state index contributed by atoms with van der Waals surface area (Å²) in [5, 5.41) is 2.81. The Morgan fingerprint density at radius 1 is 1.24 bits per heavy atom. The van der Waals surface area contributed by atoms with Crippen LogP contribution in [0.25, 0.3) is 0 Å².